The van der Waals surface area contributed by atoms with E-state index in [9.17, 15) is 18.0 Å². The maximum Gasteiger partial charge on any atom is 0.416 e. The molecule has 1 aromatic rings. The number of carbonyl (C=O) groups excluding carboxylic acids is 1. The average molecular weight is 266 g/mol. The Morgan fingerprint density at radius 2 is 2.12 bits per heavy atom. The van der Waals surface area contributed by atoms with Crippen LogP contribution in [0.25, 0.3) is 0 Å². The molecule has 0 aliphatic carbocycles. The standard InChI is InChI=1S/C10H7ClF3NO2/c1-17-9-3-6(10(12,13)14)2-8(11)7(9)4-15-5-16/h2-3H,4H2,1H3. The van der Waals surface area contributed by atoms with Crippen LogP contribution in [0.5, 0.6) is 5.75 Å². The van der Waals surface area contributed by atoms with E-state index >= 15 is 0 Å². The summed E-state index contributed by atoms with van der Waals surface area (Å²) in [6.07, 6.45) is -3.23. The van der Waals surface area contributed by atoms with Gasteiger partial charge in [0.1, 0.15) is 5.75 Å². The summed E-state index contributed by atoms with van der Waals surface area (Å²) >= 11 is 5.69. The zero-order valence-electron chi connectivity index (χ0n) is 8.64. The molecular weight excluding hydrogens is 259 g/mol. The van der Waals surface area contributed by atoms with E-state index in [1.54, 1.807) is 0 Å². The molecule has 0 atom stereocenters. The number of methoxy groups -OCH3 is 1. The van der Waals surface area contributed by atoms with Gasteiger partial charge in [0, 0.05) is 10.6 Å². The number of halogens is 4. The summed E-state index contributed by atoms with van der Waals surface area (Å²) in [5.74, 6) is -0.0659. The molecule has 0 saturated carbocycles. The van der Waals surface area contributed by atoms with Crippen LogP contribution in [-0.4, -0.2) is 13.2 Å². The Kier molecular flexibility index (Phi) is 4.15. The van der Waals surface area contributed by atoms with Crippen molar-refractivity contribution in [2.45, 2.75) is 12.7 Å². The molecule has 1 aromatic carbocycles. The van der Waals surface area contributed by atoms with Crippen LogP contribution in [0.15, 0.2) is 17.1 Å². The molecular formula is C10H7ClF3NO2. The van der Waals surface area contributed by atoms with E-state index in [0.717, 1.165) is 12.1 Å². The molecule has 1 rings (SSSR count). The van der Waals surface area contributed by atoms with Crippen molar-refractivity contribution < 1.29 is 22.7 Å². The van der Waals surface area contributed by atoms with Crippen molar-refractivity contribution in [3.63, 3.8) is 0 Å². The van der Waals surface area contributed by atoms with Crippen molar-refractivity contribution in [3.8, 4) is 5.75 Å². The molecule has 0 amide bonds. The Balaban J connectivity index is 3.30. The smallest absolute Gasteiger partial charge is 0.416 e. The number of benzene rings is 1. The Morgan fingerprint density at radius 1 is 1.47 bits per heavy atom. The van der Waals surface area contributed by atoms with Gasteiger partial charge in [0.25, 0.3) is 0 Å². The van der Waals surface area contributed by atoms with Crippen LogP contribution in [-0.2, 0) is 17.5 Å². The van der Waals surface area contributed by atoms with Crippen LogP contribution in [0.2, 0.25) is 5.02 Å². The summed E-state index contributed by atoms with van der Waals surface area (Å²) in [6.45, 7) is -0.177. The molecule has 0 aromatic heterocycles. The van der Waals surface area contributed by atoms with Gasteiger partial charge >= 0.3 is 6.18 Å². The van der Waals surface area contributed by atoms with Gasteiger partial charge in [-0.25, -0.2) is 9.79 Å². The lowest BCUT2D eigenvalue weighted by molar-refractivity contribution is -0.137. The highest BCUT2D eigenvalue weighted by Gasteiger charge is 2.32. The van der Waals surface area contributed by atoms with Crippen LogP contribution >= 0.6 is 11.6 Å². The van der Waals surface area contributed by atoms with Crippen molar-refractivity contribution in [1.82, 2.24) is 0 Å². The molecule has 0 spiro atoms. The second-order valence-electron chi connectivity index (χ2n) is 3.04. The summed E-state index contributed by atoms with van der Waals surface area (Å²) in [7, 11) is 1.21. The highest BCUT2D eigenvalue weighted by molar-refractivity contribution is 6.31. The van der Waals surface area contributed by atoms with Crippen molar-refractivity contribution in [3.05, 3.63) is 28.3 Å². The summed E-state index contributed by atoms with van der Waals surface area (Å²) in [5.41, 5.74) is -0.705. The molecule has 0 N–H and O–H groups in total. The van der Waals surface area contributed by atoms with E-state index in [0.29, 0.717) is 0 Å². The van der Waals surface area contributed by atoms with Gasteiger partial charge in [-0.1, -0.05) is 11.6 Å². The zero-order chi connectivity index (χ0) is 13.1. The molecule has 0 aliphatic heterocycles. The van der Waals surface area contributed by atoms with E-state index in [-0.39, 0.29) is 22.9 Å². The fraction of sp³-hybridized carbons (Fsp3) is 0.300. The first-order valence-electron chi connectivity index (χ1n) is 4.37. The predicted molar refractivity (Wildman–Crippen MR) is 54.8 cm³/mol. The first-order valence-corrected chi connectivity index (χ1v) is 4.75. The quantitative estimate of drug-likeness (QED) is 0.622. The molecule has 0 heterocycles. The molecule has 0 aliphatic rings. The number of aliphatic imine (C=N–C) groups is 1. The van der Waals surface area contributed by atoms with Crippen molar-refractivity contribution >= 4 is 17.7 Å². The van der Waals surface area contributed by atoms with Gasteiger partial charge in [-0.2, -0.15) is 13.2 Å². The number of alkyl halides is 3. The van der Waals surface area contributed by atoms with Crippen LogP contribution in [0.4, 0.5) is 13.2 Å². The Labute approximate surface area is 99.9 Å². The molecule has 92 valence electrons. The second-order valence-corrected chi connectivity index (χ2v) is 3.45. The number of hydrogen-bond donors (Lipinski definition) is 0. The SMILES string of the molecule is COc1cc(C(F)(F)F)cc(Cl)c1CN=C=O. The van der Waals surface area contributed by atoms with Gasteiger partial charge in [-0.15, -0.1) is 0 Å². The van der Waals surface area contributed by atoms with Crippen LogP contribution < -0.4 is 4.74 Å². The maximum absolute atomic E-state index is 12.5. The Morgan fingerprint density at radius 3 is 2.59 bits per heavy atom. The topological polar surface area (TPSA) is 38.7 Å². The molecule has 0 saturated heterocycles. The minimum absolute atomic E-state index is 0.0659. The van der Waals surface area contributed by atoms with Crippen LogP contribution in [0.1, 0.15) is 11.1 Å². The van der Waals surface area contributed by atoms with E-state index < -0.39 is 11.7 Å². The first kappa shape index (κ1) is 13.5. The maximum atomic E-state index is 12.5. The fourth-order valence-electron chi connectivity index (χ4n) is 1.22. The van der Waals surface area contributed by atoms with Gasteiger partial charge in [0.2, 0.25) is 6.08 Å². The van der Waals surface area contributed by atoms with Crippen molar-refractivity contribution in [1.29, 1.82) is 0 Å². The number of isocyanates is 1. The molecule has 0 unspecified atom stereocenters. The van der Waals surface area contributed by atoms with Gasteiger partial charge in [0.05, 0.1) is 19.2 Å². The molecule has 3 nitrogen and oxygen atoms in total. The minimum Gasteiger partial charge on any atom is -0.496 e. The third kappa shape index (κ3) is 3.22. The normalized spacial score (nSPS) is 10.9. The summed E-state index contributed by atoms with van der Waals surface area (Å²) in [6, 6.07) is 1.57. The van der Waals surface area contributed by atoms with E-state index in [2.05, 4.69) is 4.99 Å². The first-order chi connectivity index (χ1) is 7.90. The third-order valence-electron chi connectivity index (χ3n) is 2.00. The summed E-state index contributed by atoms with van der Waals surface area (Å²) < 4.78 is 42.2. The average Bonchev–Trinajstić information content (AvgIpc) is 2.25. The number of rotatable bonds is 3. The van der Waals surface area contributed by atoms with Crippen LogP contribution in [0, 0.1) is 0 Å². The minimum atomic E-state index is -4.51. The van der Waals surface area contributed by atoms with E-state index in [1.807, 2.05) is 0 Å². The highest BCUT2D eigenvalue weighted by Crippen LogP contribution is 2.37. The van der Waals surface area contributed by atoms with Gasteiger partial charge in [0.15, 0.2) is 0 Å². The highest BCUT2D eigenvalue weighted by atomic mass is 35.5. The lowest BCUT2D eigenvalue weighted by atomic mass is 10.1. The number of ether oxygens (including phenoxy) is 1. The van der Waals surface area contributed by atoms with Crippen LogP contribution in [0.3, 0.4) is 0 Å². The Hall–Kier alpha value is -1.52. The Bertz CT molecular complexity index is 467. The van der Waals surface area contributed by atoms with Gasteiger partial charge < -0.3 is 4.74 Å². The van der Waals surface area contributed by atoms with Crippen molar-refractivity contribution in [2.24, 2.45) is 4.99 Å². The summed E-state index contributed by atoms with van der Waals surface area (Å²) in [4.78, 5) is 13.2. The van der Waals surface area contributed by atoms with Gasteiger partial charge in [-0.3, -0.25) is 0 Å². The largest absolute Gasteiger partial charge is 0.496 e. The lowest BCUT2D eigenvalue weighted by Crippen LogP contribution is -2.06. The zero-order valence-corrected chi connectivity index (χ0v) is 9.39. The lowest BCUT2D eigenvalue weighted by Gasteiger charge is -2.13. The molecule has 7 heteroatoms. The van der Waals surface area contributed by atoms with E-state index in [1.165, 1.54) is 13.2 Å². The molecule has 0 bridgehead atoms. The third-order valence-corrected chi connectivity index (χ3v) is 2.34. The molecule has 17 heavy (non-hydrogen) atoms. The van der Waals surface area contributed by atoms with E-state index in [4.69, 9.17) is 16.3 Å². The van der Waals surface area contributed by atoms with Crippen molar-refractivity contribution in [2.75, 3.05) is 7.11 Å². The fourth-order valence-corrected chi connectivity index (χ4v) is 1.49. The number of hydrogen-bond acceptors (Lipinski definition) is 3. The number of nitrogens with zero attached hydrogens (tertiary/aromatic N) is 1. The van der Waals surface area contributed by atoms with Gasteiger partial charge in [-0.05, 0) is 12.1 Å². The summed E-state index contributed by atoms with van der Waals surface area (Å²) in [5, 5.41) is -0.157. The predicted octanol–water partition coefficient (Wildman–Crippen LogP) is 3.20. The molecule has 0 radical (unpaired) electrons. The monoisotopic (exact) mass is 265 g/mol. The second kappa shape index (κ2) is 5.21. The molecule has 0 fully saturated rings.